The van der Waals surface area contributed by atoms with Crippen molar-refractivity contribution in [3.63, 3.8) is 0 Å². The Hall–Kier alpha value is -1.26. The standard InChI is InChI=1S/C16H32N2O3/c1-12(2)11-13(3)18(6)15(21)17-10-9-16(4,5)8-7-14(19)20/h12-13H,7-11H2,1-6H3,(H,17,21)(H,19,20). The molecule has 0 aliphatic carbocycles. The summed E-state index contributed by atoms with van der Waals surface area (Å²) in [6.45, 7) is 11.0. The maximum Gasteiger partial charge on any atom is 0.317 e. The predicted octanol–water partition coefficient (Wildman–Crippen LogP) is 3.34. The molecule has 2 N–H and O–H groups in total. The number of carboxylic acids is 1. The number of carbonyl (C=O) groups is 2. The van der Waals surface area contributed by atoms with Gasteiger partial charge in [-0.15, -0.1) is 0 Å². The van der Waals surface area contributed by atoms with Crippen molar-refractivity contribution in [2.24, 2.45) is 11.3 Å². The summed E-state index contributed by atoms with van der Waals surface area (Å²) in [5, 5.41) is 11.6. The van der Waals surface area contributed by atoms with Crippen LogP contribution >= 0.6 is 0 Å². The first-order valence-corrected chi connectivity index (χ1v) is 7.77. The highest BCUT2D eigenvalue weighted by atomic mass is 16.4. The zero-order valence-electron chi connectivity index (χ0n) is 14.4. The normalized spacial score (nSPS) is 13.1. The molecule has 2 amide bonds. The van der Waals surface area contributed by atoms with Crippen LogP contribution in [0.15, 0.2) is 0 Å². The molecule has 5 heteroatoms. The lowest BCUT2D eigenvalue weighted by atomic mass is 9.84. The first-order valence-electron chi connectivity index (χ1n) is 7.77. The average molecular weight is 300 g/mol. The zero-order valence-corrected chi connectivity index (χ0v) is 14.4. The number of carbonyl (C=O) groups excluding carboxylic acids is 1. The van der Waals surface area contributed by atoms with Gasteiger partial charge in [0.2, 0.25) is 0 Å². The number of carboxylic acid groups (broad SMARTS) is 1. The van der Waals surface area contributed by atoms with Gasteiger partial charge in [0.1, 0.15) is 0 Å². The highest BCUT2D eigenvalue weighted by molar-refractivity contribution is 5.74. The van der Waals surface area contributed by atoms with Crippen molar-refractivity contribution in [2.45, 2.75) is 66.3 Å². The van der Waals surface area contributed by atoms with Crippen LogP contribution in [0.2, 0.25) is 0 Å². The van der Waals surface area contributed by atoms with Crippen LogP contribution < -0.4 is 5.32 Å². The van der Waals surface area contributed by atoms with Crippen molar-refractivity contribution in [1.29, 1.82) is 0 Å². The van der Waals surface area contributed by atoms with Gasteiger partial charge in [-0.1, -0.05) is 27.7 Å². The number of aliphatic carboxylic acids is 1. The third-order valence-corrected chi connectivity index (χ3v) is 3.89. The predicted molar refractivity (Wildman–Crippen MR) is 85.3 cm³/mol. The number of rotatable bonds is 9. The molecule has 0 aliphatic heterocycles. The van der Waals surface area contributed by atoms with E-state index in [1.54, 1.807) is 4.90 Å². The van der Waals surface area contributed by atoms with Crippen LogP contribution in [-0.2, 0) is 4.79 Å². The molecular formula is C16H32N2O3. The van der Waals surface area contributed by atoms with Gasteiger partial charge < -0.3 is 15.3 Å². The van der Waals surface area contributed by atoms with Crippen molar-refractivity contribution >= 4 is 12.0 Å². The first kappa shape index (κ1) is 19.7. The number of nitrogens with zero attached hydrogens (tertiary/aromatic N) is 1. The monoisotopic (exact) mass is 300 g/mol. The van der Waals surface area contributed by atoms with Crippen LogP contribution in [-0.4, -0.2) is 41.6 Å². The van der Waals surface area contributed by atoms with E-state index in [4.69, 9.17) is 5.11 Å². The van der Waals surface area contributed by atoms with Gasteiger partial charge in [-0.25, -0.2) is 4.79 Å². The highest BCUT2D eigenvalue weighted by Crippen LogP contribution is 2.26. The van der Waals surface area contributed by atoms with Crippen LogP contribution in [0.4, 0.5) is 4.79 Å². The maximum absolute atomic E-state index is 12.0. The number of nitrogens with one attached hydrogen (secondary N) is 1. The smallest absolute Gasteiger partial charge is 0.317 e. The zero-order chi connectivity index (χ0) is 16.6. The maximum atomic E-state index is 12.0. The molecular weight excluding hydrogens is 268 g/mol. The van der Waals surface area contributed by atoms with E-state index in [1.165, 1.54) is 0 Å². The van der Waals surface area contributed by atoms with Crippen molar-refractivity contribution in [3.8, 4) is 0 Å². The molecule has 5 nitrogen and oxygen atoms in total. The highest BCUT2D eigenvalue weighted by Gasteiger charge is 2.21. The fourth-order valence-electron chi connectivity index (χ4n) is 2.24. The van der Waals surface area contributed by atoms with E-state index in [1.807, 2.05) is 20.9 Å². The molecule has 1 atom stereocenters. The van der Waals surface area contributed by atoms with Crippen molar-refractivity contribution in [1.82, 2.24) is 10.2 Å². The Morgan fingerprint density at radius 1 is 1.19 bits per heavy atom. The summed E-state index contributed by atoms with van der Waals surface area (Å²) in [7, 11) is 1.82. The molecule has 21 heavy (non-hydrogen) atoms. The second-order valence-corrected chi connectivity index (χ2v) is 7.13. The molecule has 0 aliphatic rings. The van der Waals surface area contributed by atoms with Crippen molar-refractivity contribution < 1.29 is 14.7 Å². The Labute approximate surface area is 129 Å². The molecule has 0 spiro atoms. The molecule has 0 heterocycles. The third-order valence-electron chi connectivity index (χ3n) is 3.89. The van der Waals surface area contributed by atoms with Crippen LogP contribution in [0.25, 0.3) is 0 Å². The summed E-state index contributed by atoms with van der Waals surface area (Å²) in [5.74, 6) is -0.209. The van der Waals surface area contributed by atoms with Gasteiger partial charge in [0.15, 0.2) is 0 Å². The molecule has 1 unspecified atom stereocenters. The second kappa shape index (κ2) is 8.90. The summed E-state index contributed by atoms with van der Waals surface area (Å²) in [4.78, 5) is 24.4. The van der Waals surface area contributed by atoms with Crippen molar-refractivity contribution in [3.05, 3.63) is 0 Å². The second-order valence-electron chi connectivity index (χ2n) is 7.13. The fourth-order valence-corrected chi connectivity index (χ4v) is 2.24. The minimum atomic E-state index is -0.769. The first-order chi connectivity index (χ1) is 9.55. The minimum Gasteiger partial charge on any atom is -0.481 e. The Morgan fingerprint density at radius 3 is 2.24 bits per heavy atom. The molecule has 0 bridgehead atoms. The van der Waals surface area contributed by atoms with Crippen LogP contribution in [0.5, 0.6) is 0 Å². The van der Waals surface area contributed by atoms with E-state index in [2.05, 4.69) is 26.1 Å². The number of hydrogen-bond donors (Lipinski definition) is 2. The van der Waals surface area contributed by atoms with E-state index in [-0.39, 0.29) is 23.9 Å². The van der Waals surface area contributed by atoms with E-state index < -0.39 is 5.97 Å². The summed E-state index contributed by atoms with van der Waals surface area (Å²) in [6.07, 6.45) is 2.55. The minimum absolute atomic E-state index is 0.0582. The largest absolute Gasteiger partial charge is 0.481 e. The molecule has 0 aromatic carbocycles. The molecule has 0 aromatic heterocycles. The molecule has 0 rings (SSSR count). The van der Waals surface area contributed by atoms with Gasteiger partial charge >= 0.3 is 12.0 Å². The number of amides is 2. The Kier molecular flexibility index (Phi) is 8.37. The molecule has 0 saturated carbocycles. The Balaban J connectivity index is 4.10. The van der Waals surface area contributed by atoms with Gasteiger partial charge in [-0.2, -0.15) is 0 Å². The summed E-state index contributed by atoms with van der Waals surface area (Å²) >= 11 is 0. The third kappa shape index (κ3) is 9.32. The summed E-state index contributed by atoms with van der Waals surface area (Å²) in [6, 6.07) is 0.155. The topological polar surface area (TPSA) is 69.6 Å². The molecule has 0 saturated heterocycles. The van der Waals surface area contributed by atoms with E-state index in [9.17, 15) is 9.59 Å². The van der Waals surface area contributed by atoms with E-state index in [0.717, 1.165) is 12.8 Å². The lowest BCUT2D eigenvalue weighted by Gasteiger charge is -2.28. The SMILES string of the molecule is CC(C)CC(C)N(C)C(=O)NCCC(C)(C)CCC(=O)O. The van der Waals surface area contributed by atoms with Crippen LogP contribution in [0.1, 0.15) is 60.3 Å². The summed E-state index contributed by atoms with van der Waals surface area (Å²) < 4.78 is 0. The number of hydrogen-bond acceptors (Lipinski definition) is 2. The quantitative estimate of drug-likeness (QED) is 0.686. The molecule has 0 fully saturated rings. The Morgan fingerprint density at radius 2 is 1.76 bits per heavy atom. The number of urea groups is 1. The van der Waals surface area contributed by atoms with Gasteiger partial charge in [0.25, 0.3) is 0 Å². The van der Waals surface area contributed by atoms with Gasteiger partial charge in [0.05, 0.1) is 0 Å². The molecule has 124 valence electrons. The van der Waals surface area contributed by atoms with E-state index >= 15 is 0 Å². The van der Waals surface area contributed by atoms with Gasteiger partial charge in [-0.05, 0) is 37.5 Å². The van der Waals surface area contributed by atoms with Crippen LogP contribution in [0, 0.1) is 11.3 Å². The fraction of sp³-hybridized carbons (Fsp3) is 0.875. The molecule has 0 radical (unpaired) electrons. The lowest BCUT2D eigenvalue weighted by molar-refractivity contribution is -0.137. The van der Waals surface area contributed by atoms with E-state index in [0.29, 0.717) is 18.9 Å². The van der Waals surface area contributed by atoms with Gasteiger partial charge in [-0.3, -0.25) is 4.79 Å². The average Bonchev–Trinajstić information content (AvgIpc) is 2.34. The van der Waals surface area contributed by atoms with Crippen LogP contribution in [0.3, 0.4) is 0 Å². The lowest BCUT2D eigenvalue weighted by Crippen LogP contribution is -2.43. The molecule has 0 aromatic rings. The summed E-state index contributed by atoms with van der Waals surface area (Å²) in [5.41, 5.74) is -0.0756. The Bertz CT molecular complexity index is 340. The van der Waals surface area contributed by atoms with Gasteiger partial charge in [0, 0.05) is 26.1 Å². The van der Waals surface area contributed by atoms with Crippen molar-refractivity contribution in [2.75, 3.05) is 13.6 Å².